The zero-order valence-corrected chi connectivity index (χ0v) is 10.9. The smallest absolute Gasteiger partial charge is 0.310 e. The Labute approximate surface area is 105 Å². The quantitative estimate of drug-likeness (QED) is 0.815. The lowest BCUT2D eigenvalue weighted by molar-refractivity contribution is -0.146. The van der Waals surface area contributed by atoms with E-state index in [1.54, 1.807) is 6.20 Å². The van der Waals surface area contributed by atoms with E-state index in [2.05, 4.69) is 16.8 Å². The van der Waals surface area contributed by atoms with Gasteiger partial charge in [0.1, 0.15) is 0 Å². The molecule has 0 aromatic carbocycles. The van der Waals surface area contributed by atoms with Gasteiger partial charge in [-0.1, -0.05) is 6.92 Å². The summed E-state index contributed by atoms with van der Waals surface area (Å²) in [5, 5.41) is 0.594. The number of rotatable bonds is 3. The predicted octanol–water partition coefficient (Wildman–Crippen LogP) is 0.966. The third kappa shape index (κ3) is 2.76. The highest BCUT2D eigenvalue weighted by molar-refractivity contribution is 7.15. The number of methoxy groups -OCH3 is 1. The number of anilines is 1. The Hall–Kier alpha value is -1.14. The fraction of sp³-hybridized carbons (Fsp3) is 0.636. The average molecular weight is 255 g/mol. The van der Waals surface area contributed by atoms with Gasteiger partial charge in [-0.3, -0.25) is 9.69 Å². The highest BCUT2D eigenvalue weighted by Gasteiger charge is 2.35. The molecule has 1 saturated heterocycles. The molecular formula is C11H17N3O2S. The first-order valence-corrected chi connectivity index (χ1v) is 6.42. The zero-order valence-electron chi connectivity index (χ0n) is 10.0. The second-order valence-corrected chi connectivity index (χ2v) is 5.61. The summed E-state index contributed by atoms with van der Waals surface area (Å²) in [4.78, 5) is 19.0. The van der Waals surface area contributed by atoms with Crippen LogP contribution in [0.1, 0.15) is 11.8 Å². The molecule has 0 amide bonds. The van der Waals surface area contributed by atoms with Gasteiger partial charge in [-0.05, 0) is 5.92 Å². The summed E-state index contributed by atoms with van der Waals surface area (Å²) in [5.74, 6) is 0.224. The Kier molecular flexibility index (Phi) is 3.63. The monoisotopic (exact) mass is 255 g/mol. The number of hydrogen-bond donors (Lipinski definition) is 1. The maximum absolute atomic E-state index is 11.5. The minimum atomic E-state index is -0.108. The Balaban J connectivity index is 1.95. The van der Waals surface area contributed by atoms with Crippen LogP contribution in [0.15, 0.2) is 6.20 Å². The molecule has 0 bridgehead atoms. The third-order valence-corrected chi connectivity index (χ3v) is 3.95. The SMILES string of the molecule is COC(=O)C1CN(Cc2cnc(N)s2)CC1C. The Morgan fingerprint density at radius 3 is 3.06 bits per heavy atom. The maximum Gasteiger partial charge on any atom is 0.310 e. The summed E-state index contributed by atoms with van der Waals surface area (Å²) in [6.07, 6.45) is 1.80. The molecule has 1 aliphatic heterocycles. The second-order valence-electron chi connectivity index (χ2n) is 4.47. The minimum absolute atomic E-state index is 0.00901. The number of esters is 1. The highest BCUT2D eigenvalue weighted by Crippen LogP contribution is 2.26. The van der Waals surface area contributed by atoms with Crippen LogP contribution >= 0.6 is 11.3 Å². The molecule has 0 radical (unpaired) electrons. The van der Waals surface area contributed by atoms with E-state index in [0.29, 0.717) is 11.0 Å². The van der Waals surface area contributed by atoms with E-state index in [4.69, 9.17) is 10.5 Å². The van der Waals surface area contributed by atoms with Gasteiger partial charge in [0.15, 0.2) is 5.13 Å². The van der Waals surface area contributed by atoms with Crippen LogP contribution in [0, 0.1) is 11.8 Å². The number of nitrogen functional groups attached to an aromatic ring is 1. The Morgan fingerprint density at radius 1 is 1.71 bits per heavy atom. The Morgan fingerprint density at radius 2 is 2.47 bits per heavy atom. The number of nitrogens with two attached hydrogens (primary N) is 1. The van der Waals surface area contributed by atoms with Crippen molar-refractivity contribution in [3.8, 4) is 0 Å². The molecule has 5 nitrogen and oxygen atoms in total. The van der Waals surface area contributed by atoms with Crippen LogP contribution in [0.25, 0.3) is 0 Å². The van der Waals surface area contributed by atoms with Crippen LogP contribution in [0.4, 0.5) is 5.13 Å². The standard InChI is InChI=1S/C11H17N3O2S/c1-7-4-14(6-9(7)10(15)16-2)5-8-3-13-11(12)17-8/h3,7,9H,4-6H2,1-2H3,(H2,12,13). The molecule has 2 rings (SSSR count). The van der Waals surface area contributed by atoms with Crippen molar-refractivity contribution in [1.29, 1.82) is 0 Å². The van der Waals surface area contributed by atoms with Crippen molar-refractivity contribution in [3.05, 3.63) is 11.1 Å². The summed E-state index contributed by atoms with van der Waals surface area (Å²) >= 11 is 1.50. The summed E-state index contributed by atoms with van der Waals surface area (Å²) in [6.45, 7) is 4.57. The fourth-order valence-electron chi connectivity index (χ4n) is 2.27. The molecule has 2 unspecified atom stereocenters. The van der Waals surface area contributed by atoms with E-state index in [0.717, 1.165) is 24.5 Å². The number of aromatic nitrogens is 1. The van der Waals surface area contributed by atoms with Gasteiger partial charge in [0.05, 0.1) is 13.0 Å². The topological polar surface area (TPSA) is 68.5 Å². The second kappa shape index (κ2) is 5.01. The molecule has 2 atom stereocenters. The molecule has 0 saturated carbocycles. The zero-order chi connectivity index (χ0) is 12.4. The molecule has 0 spiro atoms. The molecule has 2 heterocycles. The van der Waals surface area contributed by atoms with Gasteiger partial charge in [-0.2, -0.15) is 0 Å². The van der Waals surface area contributed by atoms with Crippen LogP contribution in [-0.4, -0.2) is 36.1 Å². The largest absolute Gasteiger partial charge is 0.469 e. The normalized spacial score (nSPS) is 25.1. The lowest BCUT2D eigenvalue weighted by atomic mass is 9.99. The van der Waals surface area contributed by atoms with Gasteiger partial charge in [0.2, 0.25) is 0 Å². The number of nitrogens with zero attached hydrogens (tertiary/aromatic N) is 2. The summed E-state index contributed by atoms with van der Waals surface area (Å²) in [5.41, 5.74) is 5.59. The van der Waals surface area contributed by atoms with Crippen molar-refractivity contribution < 1.29 is 9.53 Å². The van der Waals surface area contributed by atoms with Crippen molar-refractivity contribution in [3.63, 3.8) is 0 Å². The predicted molar refractivity (Wildman–Crippen MR) is 66.5 cm³/mol. The van der Waals surface area contributed by atoms with Gasteiger partial charge in [0, 0.05) is 30.7 Å². The van der Waals surface area contributed by atoms with Gasteiger partial charge in [0.25, 0.3) is 0 Å². The molecule has 1 aromatic rings. The minimum Gasteiger partial charge on any atom is -0.469 e. The van der Waals surface area contributed by atoms with Crippen LogP contribution in [0.2, 0.25) is 0 Å². The maximum atomic E-state index is 11.5. The number of carbonyl (C=O) groups is 1. The van der Waals surface area contributed by atoms with E-state index in [9.17, 15) is 4.79 Å². The average Bonchev–Trinajstić information content (AvgIpc) is 2.85. The van der Waals surface area contributed by atoms with Crippen molar-refractivity contribution >= 4 is 22.4 Å². The summed E-state index contributed by atoms with van der Waals surface area (Å²) in [6, 6.07) is 0. The van der Waals surface area contributed by atoms with E-state index in [1.165, 1.54) is 18.4 Å². The lowest BCUT2D eigenvalue weighted by Gasteiger charge is -2.13. The first kappa shape index (κ1) is 12.3. The molecule has 2 N–H and O–H groups in total. The van der Waals surface area contributed by atoms with Crippen LogP contribution < -0.4 is 5.73 Å². The van der Waals surface area contributed by atoms with Crippen molar-refractivity contribution in [2.24, 2.45) is 11.8 Å². The van der Waals surface area contributed by atoms with Crippen molar-refractivity contribution in [2.75, 3.05) is 25.9 Å². The molecule has 6 heteroatoms. The van der Waals surface area contributed by atoms with E-state index in [1.807, 2.05) is 0 Å². The van der Waals surface area contributed by atoms with Crippen molar-refractivity contribution in [1.82, 2.24) is 9.88 Å². The van der Waals surface area contributed by atoms with Gasteiger partial charge < -0.3 is 10.5 Å². The van der Waals surface area contributed by atoms with Gasteiger partial charge >= 0.3 is 5.97 Å². The molecule has 1 fully saturated rings. The van der Waals surface area contributed by atoms with Crippen LogP contribution in [-0.2, 0) is 16.1 Å². The number of carbonyl (C=O) groups excluding carboxylic acids is 1. The van der Waals surface area contributed by atoms with E-state index < -0.39 is 0 Å². The molecule has 0 aliphatic carbocycles. The molecule has 1 aromatic heterocycles. The molecule has 1 aliphatic rings. The third-order valence-electron chi connectivity index (χ3n) is 3.14. The van der Waals surface area contributed by atoms with Gasteiger partial charge in [-0.15, -0.1) is 11.3 Å². The molecular weight excluding hydrogens is 238 g/mol. The molecule has 17 heavy (non-hydrogen) atoms. The van der Waals surface area contributed by atoms with Gasteiger partial charge in [-0.25, -0.2) is 4.98 Å². The fourth-order valence-corrected chi connectivity index (χ4v) is 3.00. The lowest BCUT2D eigenvalue weighted by Crippen LogP contribution is -2.24. The first-order valence-electron chi connectivity index (χ1n) is 5.60. The summed E-state index contributed by atoms with van der Waals surface area (Å²) in [7, 11) is 1.45. The van der Waals surface area contributed by atoms with Crippen molar-refractivity contribution in [2.45, 2.75) is 13.5 Å². The highest BCUT2D eigenvalue weighted by atomic mass is 32.1. The van der Waals surface area contributed by atoms with E-state index >= 15 is 0 Å². The van der Waals surface area contributed by atoms with Crippen LogP contribution in [0.5, 0.6) is 0 Å². The van der Waals surface area contributed by atoms with Crippen LogP contribution in [0.3, 0.4) is 0 Å². The Bertz CT molecular complexity index is 407. The summed E-state index contributed by atoms with van der Waals surface area (Å²) < 4.78 is 4.81. The molecule has 94 valence electrons. The number of likely N-dealkylation sites (tertiary alicyclic amines) is 1. The number of thiazole rings is 1. The first-order chi connectivity index (χ1) is 8.10. The number of hydrogen-bond acceptors (Lipinski definition) is 6. The number of ether oxygens (including phenoxy) is 1. The van der Waals surface area contributed by atoms with E-state index in [-0.39, 0.29) is 11.9 Å².